The van der Waals surface area contributed by atoms with E-state index in [1.54, 1.807) is 6.20 Å². The molecule has 0 radical (unpaired) electrons. The third kappa shape index (κ3) is 5.96. The molecule has 0 spiro atoms. The Balaban J connectivity index is 1.75. The number of aliphatic hydroxyl groups excluding tert-OH is 3. The fourth-order valence-corrected chi connectivity index (χ4v) is 3.03. The maximum atomic E-state index is 11.0. The summed E-state index contributed by atoms with van der Waals surface area (Å²) in [5, 5.41) is 30.8. The van der Waals surface area contributed by atoms with Crippen molar-refractivity contribution in [3.8, 4) is 0 Å². The number of H-pyrrole nitrogens is 1. The Hall–Kier alpha value is -2.55. The van der Waals surface area contributed by atoms with Gasteiger partial charge in [-0.25, -0.2) is 4.98 Å². The third-order valence-electron chi connectivity index (χ3n) is 4.60. The van der Waals surface area contributed by atoms with Gasteiger partial charge in [0.15, 0.2) is 0 Å². The van der Waals surface area contributed by atoms with E-state index < -0.39 is 31.0 Å². The molecule has 154 valence electrons. The van der Waals surface area contributed by atoms with Crippen LogP contribution in [-0.4, -0.2) is 50.2 Å². The van der Waals surface area contributed by atoms with E-state index in [1.807, 2.05) is 60.7 Å². The van der Waals surface area contributed by atoms with Crippen LogP contribution in [0.5, 0.6) is 0 Å². The smallest absolute Gasteiger partial charge is 0.128 e. The average molecular weight is 398 g/mol. The highest BCUT2D eigenvalue weighted by atomic mass is 16.5. The van der Waals surface area contributed by atoms with Gasteiger partial charge in [0.1, 0.15) is 24.4 Å². The van der Waals surface area contributed by atoms with Crippen LogP contribution in [0.1, 0.15) is 22.9 Å². The van der Waals surface area contributed by atoms with Gasteiger partial charge in [-0.1, -0.05) is 60.7 Å². The van der Waals surface area contributed by atoms with Crippen LogP contribution < -0.4 is 0 Å². The Bertz CT molecular complexity index is 814. The first kappa shape index (κ1) is 21.2. The molecule has 0 unspecified atom stereocenters. The lowest BCUT2D eigenvalue weighted by molar-refractivity contribution is -0.163. The Morgan fingerprint density at radius 3 is 1.97 bits per heavy atom. The zero-order chi connectivity index (χ0) is 20.5. The standard InChI is InChI=1S/C22H26N2O5/c25-12-19(26)22(29-14-17-9-5-2-6-10-17)20(27)21(18-11-23-15-24-18)28-13-16-7-3-1-4-8-16/h1-11,15,19-22,25-27H,12-14H2,(H,23,24)/t19-,20+,21-,22+/m0/s1. The summed E-state index contributed by atoms with van der Waals surface area (Å²) in [6.07, 6.45) is -1.38. The predicted molar refractivity (Wildman–Crippen MR) is 107 cm³/mol. The molecule has 7 nitrogen and oxygen atoms in total. The molecule has 0 fully saturated rings. The number of nitrogens with zero attached hydrogens (tertiary/aromatic N) is 1. The minimum Gasteiger partial charge on any atom is -0.394 e. The monoisotopic (exact) mass is 398 g/mol. The molecule has 0 saturated carbocycles. The molecule has 7 heteroatoms. The topological polar surface area (TPSA) is 108 Å². The SMILES string of the molecule is OC[C@H](O)[C@@H](OCc1ccccc1)[C@H](O)[C@@H](OCc1ccccc1)c1cnc[nH]1. The van der Waals surface area contributed by atoms with Crippen molar-refractivity contribution in [3.05, 3.63) is 90.0 Å². The highest BCUT2D eigenvalue weighted by Gasteiger charge is 2.36. The minimum absolute atomic E-state index is 0.175. The molecule has 0 aliphatic carbocycles. The Kier molecular flexibility index (Phi) is 7.92. The Morgan fingerprint density at radius 1 is 0.862 bits per heavy atom. The van der Waals surface area contributed by atoms with E-state index >= 15 is 0 Å². The fraction of sp³-hybridized carbons (Fsp3) is 0.318. The predicted octanol–water partition coefficient (Wildman–Crippen LogP) is 1.97. The number of nitrogens with one attached hydrogen (secondary N) is 1. The van der Waals surface area contributed by atoms with Gasteiger partial charge in [-0.05, 0) is 11.1 Å². The molecule has 4 N–H and O–H groups in total. The first-order chi connectivity index (χ1) is 14.2. The lowest BCUT2D eigenvalue weighted by Gasteiger charge is -2.31. The number of hydrogen-bond donors (Lipinski definition) is 4. The number of aliphatic hydroxyl groups is 3. The molecule has 3 aromatic rings. The van der Waals surface area contributed by atoms with Gasteiger partial charge < -0.3 is 29.8 Å². The van der Waals surface area contributed by atoms with Gasteiger partial charge in [-0.2, -0.15) is 0 Å². The molecule has 0 bridgehead atoms. The number of aromatic nitrogens is 2. The lowest BCUT2D eigenvalue weighted by atomic mass is 10.0. The minimum atomic E-state index is -1.28. The van der Waals surface area contributed by atoms with E-state index in [-0.39, 0.29) is 13.2 Å². The maximum Gasteiger partial charge on any atom is 0.128 e. The first-order valence-electron chi connectivity index (χ1n) is 9.45. The summed E-state index contributed by atoms with van der Waals surface area (Å²) in [6, 6.07) is 19.0. The molecular formula is C22H26N2O5. The van der Waals surface area contributed by atoms with Crippen molar-refractivity contribution >= 4 is 0 Å². The molecule has 1 aromatic heterocycles. The van der Waals surface area contributed by atoms with Crippen molar-refractivity contribution in [1.82, 2.24) is 9.97 Å². The molecular weight excluding hydrogens is 372 g/mol. The highest BCUT2D eigenvalue weighted by molar-refractivity contribution is 5.15. The second-order valence-electron chi connectivity index (χ2n) is 6.73. The quantitative estimate of drug-likeness (QED) is 0.393. The van der Waals surface area contributed by atoms with Gasteiger partial charge >= 0.3 is 0 Å². The Labute approximate surface area is 169 Å². The van der Waals surface area contributed by atoms with Crippen molar-refractivity contribution < 1.29 is 24.8 Å². The van der Waals surface area contributed by atoms with E-state index in [1.165, 1.54) is 6.33 Å². The number of benzene rings is 2. The summed E-state index contributed by atoms with van der Waals surface area (Å²) < 4.78 is 11.8. The van der Waals surface area contributed by atoms with Gasteiger partial charge in [0, 0.05) is 0 Å². The van der Waals surface area contributed by atoms with E-state index in [2.05, 4.69) is 9.97 Å². The number of rotatable bonds is 11. The summed E-state index contributed by atoms with van der Waals surface area (Å²) >= 11 is 0. The van der Waals surface area contributed by atoms with E-state index in [4.69, 9.17) is 9.47 Å². The van der Waals surface area contributed by atoms with Crippen LogP contribution in [0.3, 0.4) is 0 Å². The van der Waals surface area contributed by atoms with Gasteiger partial charge in [0.2, 0.25) is 0 Å². The highest BCUT2D eigenvalue weighted by Crippen LogP contribution is 2.26. The van der Waals surface area contributed by atoms with Gasteiger partial charge in [0.25, 0.3) is 0 Å². The van der Waals surface area contributed by atoms with Crippen LogP contribution in [0.2, 0.25) is 0 Å². The zero-order valence-corrected chi connectivity index (χ0v) is 16.0. The molecule has 0 aliphatic heterocycles. The van der Waals surface area contributed by atoms with Gasteiger partial charge in [-0.3, -0.25) is 0 Å². The van der Waals surface area contributed by atoms with Crippen molar-refractivity contribution in [2.75, 3.05) is 6.61 Å². The maximum absolute atomic E-state index is 11.0. The summed E-state index contributed by atoms with van der Waals surface area (Å²) in [5.41, 5.74) is 2.37. The molecule has 4 atom stereocenters. The van der Waals surface area contributed by atoms with Crippen LogP contribution >= 0.6 is 0 Å². The fourth-order valence-electron chi connectivity index (χ4n) is 3.03. The molecule has 0 amide bonds. The average Bonchev–Trinajstić information content (AvgIpc) is 3.30. The molecule has 29 heavy (non-hydrogen) atoms. The van der Waals surface area contributed by atoms with Crippen LogP contribution in [0, 0.1) is 0 Å². The van der Waals surface area contributed by atoms with E-state index in [0.717, 1.165) is 11.1 Å². The molecule has 1 heterocycles. The summed E-state index contributed by atoms with van der Waals surface area (Å²) in [5.74, 6) is 0. The van der Waals surface area contributed by atoms with Crippen molar-refractivity contribution in [2.45, 2.75) is 37.6 Å². The number of imidazole rings is 1. The van der Waals surface area contributed by atoms with Gasteiger partial charge in [-0.15, -0.1) is 0 Å². The van der Waals surface area contributed by atoms with Crippen molar-refractivity contribution in [1.29, 1.82) is 0 Å². The van der Waals surface area contributed by atoms with Crippen LogP contribution in [0.15, 0.2) is 73.2 Å². The van der Waals surface area contributed by atoms with Crippen molar-refractivity contribution in [3.63, 3.8) is 0 Å². The van der Waals surface area contributed by atoms with Crippen molar-refractivity contribution in [2.24, 2.45) is 0 Å². The number of aromatic amines is 1. The summed E-state index contributed by atoms with van der Waals surface area (Å²) in [7, 11) is 0. The second kappa shape index (κ2) is 10.8. The molecule has 0 saturated heterocycles. The molecule has 0 aliphatic rings. The van der Waals surface area contributed by atoms with E-state index in [0.29, 0.717) is 5.69 Å². The Morgan fingerprint density at radius 2 is 1.45 bits per heavy atom. The van der Waals surface area contributed by atoms with Gasteiger partial charge in [0.05, 0.1) is 38.0 Å². The summed E-state index contributed by atoms with van der Waals surface area (Å²) in [6.45, 7) is -0.124. The molecule has 2 aromatic carbocycles. The summed E-state index contributed by atoms with van der Waals surface area (Å²) in [4.78, 5) is 6.94. The first-order valence-corrected chi connectivity index (χ1v) is 9.45. The lowest BCUT2D eigenvalue weighted by Crippen LogP contribution is -2.45. The van der Waals surface area contributed by atoms with Crippen LogP contribution in [-0.2, 0) is 22.7 Å². The normalized spacial score (nSPS) is 15.6. The zero-order valence-electron chi connectivity index (χ0n) is 16.0. The van der Waals surface area contributed by atoms with E-state index in [9.17, 15) is 15.3 Å². The molecule has 3 rings (SSSR count). The third-order valence-corrected chi connectivity index (χ3v) is 4.60. The van der Waals surface area contributed by atoms with Crippen LogP contribution in [0.25, 0.3) is 0 Å². The number of hydrogen-bond acceptors (Lipinski definition) is 6. The second-order valence-corrected chi connectivity index (χ2v) is 6.73. The van der Waals surface area contributed by atoms with Crippen LogP contribution in [0.4, 0.5) is 0 Å². The number of ether oxygens (including phenoxy) is 2. The largest absolute Gasteiger partial charge is 0.394 e.